The van der Waals surface area contributed by atoms with E-state index in [2.05, 4.69) is 27.8 Å². The number of hydrogen-bond donors (Lipinski definition) is 2. The van der Waals surface area contributed by atoms with Gasteiger partial charge in [0.15, 0.2) is 5.96 Å². The van der Waals surface area contributed by atoms with E-state index in [0.717, 1.165) is 24.3 Å². The van der Waals surface area contributed by atoms with Gasteiger partial charge in [-0.3, -0.25) is 0 Å². The molecule has 118 valence electrons. The number of aliphatic imine (C=N–C) groups is 1. The van der Waals surface area contributed by atoms with Crippen molar-refractivity contribution in [3.63, 3.8) is 0 Å². The lowest BCUT2D eigenvalue weighted by atomic mass is 10.2. The first-order valence-electron chi connectivity index (χ1n) is 7.43. The highest BCUT2D eigenvalue weighted by molar-refractivity contribution is 7.09. The maximum absolute atomic E-state index is 5.87. The van der Waals surface area contributed by atoms with Crippen LogP contribution in [0, 0.1) is 6.92 Å². The van der Waals surface area contributed by atoms with Crippen molar-refractivity contribution in [1.29, 1.82) is 0 Å². The van der Waals surface area contributed by atoms with Crippen molar-refractivity contribution < 1.29 is 4.74 Å². The maximum atomic E-state index is 5.87. The van der Waals surface area contributed by atoms with E-state index in [0.29, 0.717) is 12.5 Å². The third-order valence-electron chi connectivity index (χ3n) is 3.20. The van der Waals surface area contributed by atoms with Gasteiger partial charge in [0.05, 0.1) is 6.54 Å². The fourth-order valence-electron chi connectivity index (χ4n) is 1.99. The zero-order valence-corrected chi connectivity index (χ0v) is 13.9. The molecule has 22 heavy (non-hydrogen) atoms. The number of nitrogens with zero attached hydrogens (tertiary/aromatic N) is 1. The van der Waals surface area contributed by atoms with E-state index in [1.54, 1.807) is 11.3 Å². The second kappa shape index (κ2) is 8.44. The minimum absolute atomic E-state index is 0.0151. The van der Waals surface area contributed by atoms with Crippen LogP contribution in [0.2, 0.25) is 0 Å². The third-order valence-corrected chi connectivity index (χ3v) is 4.13. The normalized spacial score (nSPS) is 12.9. The predicted molar refractivity (Wildman–Crippen MR) is 93.8 cm³/mol. The van der Waals surface area contributed by atoms with E-state index in [4.69, 9.17) is 10.5 Å². The molecule has 0 saturated carbocycles. The van der Waals surface area contributed by atoms with Crippen molar-refractivity contribution in [3.05, 3.63) is 52.2 Å². The number of rotatable bonds is 7. The lowest BCUT2D eigenvalue weighted by molar-refractivity contribution is 0.229. The van der Waals surface area contributed by atoms with Crippen molar-refractivity contribution >= 4 is 17.3 Å². The average molecular weight is 317 g/mol. The number of nitrogens with one attached hydrogen (secondary N) is 1. The molecule has 1 unspecified atom stereocenters. The zero-order chi connectivity index (χ0) is 15.8. The van der Waals surface area contributed by atoms with Crippen molar-refractivity contribution in [3.8, 4) is 5.75 Å². The topological polar surface area (TPSA) is 59.6 Å². The van der Waals surface area contributed by atoms with Crippen LogP contribution in [0.4, 0.5) is 0 Å². The first kappa shape index (κ1) is 16.4. The summed E-state index contributed by atoms with van der Waals surface area (Å²) in [6.07, 6.45) is 0.946. The van der Waals surface area contributed by atoms with Gasteiger partial charge in [0.1, 0.15) is 11.9 Å². The Morgan fingerprint density at radius 2 is 2.14 bits per heavy atom. The van der Waals surface area contributed by atoms with E-state index >= 15 is 0 Å². The van der Waals surface area contributed by atoms with Crippen LogP contribution in [0.1, 0.15) is 17.4 Å². The second-order valence-electron chi connectivity index (χ2n) is 5.18. The molecule has 2 rings (SSSR count). The summed E-state index contributed by atoms with van der Waals surface area (Å²) in [6, 6.07) is 12.2. The summed E-state index contributed by atoms with van der Waals surface area (Å²) in [4.78, 5) is 5.67. The largest absolute Gasteiger partial charge is 0.489 e. The molecule has 0 amide bonds. The van der Waals surface area contributed by atoms with Gasteiger partial charge in [-0.25, -0.2) is 4.99 Å². The molecule has 0 spiro atoms. The Morgan fingerprint density at radius 1 is 1.32 bits per heavy atom. The lowest BCUT2D eigenvalue weighted by Gasteiger charge is -2.15. The highest BCUT2D eigenvalue weighted by Crippen LogP contribution is 2.17. The Hall–Kier alpha value is -2.01. The Morgan fingerprint density at radius 3 is 2.86 bits per heavy atom. The molecule has 0 fully saturated rings. The molecule has 0 aliphatic carbocycles. The molecule has 1 aromatic carbocycles. The van der Waals surface area contributed by atoms with E-state index in [9.17, 15) is 0 Å². The molecule has 0 radical (unpaired) electrons. The summed E-state index contributed by atoms with van der Waals surface area (Å²) in [5, 5.41) is 5.21. The van der Waals surface area contributed by atoms with E-state index in [1.807, 2.05) is 38.1 Å². The molecule has 1 atom stereocenters. The van der Waals surface area contributed by atoms with Crippen molar-refractivity contribution in [2.75, 3.05) is 13.1 Å². The number of nitrogens with two attached hydrogens (primary N) is 1. The molecule has 4 nitrogen and oxygen atoms in total. The van der Waals surface area contributed by atoms with E-state index < -0.39 is 0 Å². The molecular weight excluding hydrogens is 294 g/mol. The SMILES string of the molecule is Cc1ccccc1OC(C)CN=C(N)NCCc1cccs1. The Labute approximate surface area is 136 Å². The summed E-state index contributed by atoms with van der Waals surface area (Å²) < 4.78 is 5.87. The van der Waals surface area contributed by atoms with Gasteiger partial charge in [0.2, 0.25) is 0 Å². The van der Waals surface area contributed by atoms with Gasteiger partial charge in [0.25, 0.3) is 0 Å². The summed E-state index contributed by atoms with van der Waals surface area (Å²) in [5.74, 6) is 1.37. The molecule has 0 aliphatic heterocycles. The number of ether oxygens (including phenoxy) is 1. The minimum atomic E-state index is -0.0151. The Balaban J connectivity index is 1.72. The number of hydrogen-bond acceptors (Lipinski definition) is 3. The van der Waals surface area contributed by atoms with Crippen LogP contribution in [0.5, 0.6) is 5.75 Å². The monoisotopic (exact) mass is 317 g/mol. The molecular formula is C17H23N3OS. The van der Waals surface area contributed by atoms with Gasteiger partial charge in [-0.1, -0.05) is 24.3 Å². The Kier molecular flexibility index (Phi) is 6.27. The molecule has 1 heterocycles. The summed E-state index contributed by atoms with van der Waals surface area (Å²) in [5.41, 5.74) is 7.00. The summed E-state index contributed by atoms with van der Waals surface area (Å²) in [7, 11) is 0. The summed E-state index contributed by atoms with van der Waals surface area (Å²) >= 11 is 1.75. The fourth-order valence-corrected chi connectivity index (χ4v) is 2.70. The predicted octanol–water partition coefficient (Wildman–Crippen LogP) is 2.97. The molecule has 0 aliphatic rings. The summed E-state index contributed by atoms with van der Waals surface area (Å²) in [6.45, 7) is 5.36. The van der Waals surface area contributed by atoms with Gasteiger partial charge >= 0.3 is 0 Å². The van der Waals surface area contributed by atoms with Crippen LogP contribution in [0.25, 0.3) is 0 Å². The van der Waals surface area contributed by atoms with Crippen LogP contribution in [0.3, 0.4) is 0 Å². The van der Waals surface area contributed by atoms with Crippen LogP contribution in [-0.4, -0.2) is 25.2 Å². The van der Waals surface area contributed by atoms with Crippen LogP contribution in [0.15, 0.2) is 46.8 Å². The number of guanidine groups is 1. The standard InChI is InChI=1S/C17H23N3OS/c1-13-6-3-4-8-16(13)21-14(2)12-20-17(18)19-10-9-15-7-5-11-22-15/h3-8,11,14H,9-10,12H2,1-2H3,(H3,18,19,20). The smallest absolute Gasteiger partial charge is 0.188 e. The van der Waals surface area contributed by atoms with Crippen molar-refractivity contribution in [1.82, 2.24) is 5.32 Å². The van der Waals surface area contributed by atoms with Gasteiger partial charge < -0.3 is 15.8 Å². The maximum Gasteiger partial charge on any atom is 0.188 e. The first-order valence-corrected chi connectivity index (χ1v) is 8.31. The highest BCUT2D eigenvalue weighted by atomic mass is 32.1. The number of aryl methyl sites for hydroxylation is 1. The second-order valence-corrected chi connectivity index (χ2v) is 6.21. The molecule has 5 heteroatoms. The quantitative estimate of drug-likeness (QED) is 0.610. The molecule has 0 saturated heterocycles. The van der Waals surface area contributed by atoms with Gasteiger partial charge in [-0.2, -0.15) is 0 Å². The molecule has 2 aromatic rings. The van der Waals surface area contributed by atoms with Crippen molar-refractivity contribution in [2.45, 2.75) is 26.4 Å². The fraction of sp³-hybridized carbons (Fsp3) is 0.353. The lowest BCUT2D eigenvalue weighted by Crippen LogP contribution is -2.34. The number of para-hydroxylation sites is 1. The molecule has 0 bridgehead atoms. The van der Waals surface area contributed by atoms with Gasteiger partial charge in [0, 0.05) is 11.4 Å². The van der Waals surface area contributed by atoms with Gasteiger partial charge in [-0.15, -0.1) is 11.3 Å². The van der Waals surface area contributed by atoms with E-state index in [-0.39, 0.29) is 6.10 Å². The molecule has 3 N–H and O–H groups in total. The molecule has 1 aromatic heterocycles. The number of thiophene rings is 1. The average Bonchev–Trinajstić information content (AvgIpc) is 3.01. The van der Waals surface area contributed by atoms with Crippen LogP contribution >= 0.6 is 11.3 Å². The number of benzene rings is 1. The minimum Gasteiger partial charge on any atom is -0.489 e. The van der Waals surface area contributed by atoms with Crippen LogP contribution in [-0.2, 0) is 6.42 Å². The third kappa shape index (κ3) is 5.41. The Bertz CT molecular complexity index is 596. The van der Waals surface area contributed by atoms with Crippen LogP contribution < -0.4 is 15.8 Å². The van der Waals surface area contributed by atoms with Gasteiger partial charge in [-0.05, 0) is 43.3 Å². The zero-order valence-electron chi connectivity index (χ0n) is 13.1. The van der Waals surface area contributed by atoms with Crippen molar-refractivity contribution in [2.24, 2.45) is 10.7 Å². The first-order chi connectivity index (χ1) is 10.6. The highest BCUT2D eigenvalue weighted by Gasteiger charge is 2.05. The van der Waals surface area contributed by atoms with E-state index in [1.165, 1.54) is 4.88 Å².